The summed E-state index contributed by atoms with van der Waals surface area (Å²) in [6, 6.07) is 18.7. The number of nitrogens with zero attached hydrogens (tertiary/aromatic N) is 3. The van der Waals surface area contributed by atoms with Crippen LogP contribution >= 0.6 is 23.1 Å². The molecular formula is C21H23N3OS2. The van der Waals surface area contributed by atoms with Gasteiger partial charge in [-0.2, -0.15) is 0 Å². The van der Waals surface area contributed by atoms with E-state index in [0.29, 0.717) is 5.75 Å². The normalized spacial score (nSPS) is 18.1. The summed E-state index contributed by atoms with van der Waals surface area (Å²) in [5.74, 6) is 1.51. The first-order valence-corrected chi connectivity index (χ1v) is 11.1. The number of hydrogen-bond acceptors (Lipinski definition) is 5. The summed E-state index contributed by atoms with van der Waals surface area (Å²) in [5.41, 5.74) is 2.27. The molecule has 1 amide bonds. The van der Waals surface area contributed by atoms with E-state index in [1.807, 2.05) is 24.3 Å². The van der Waals surface area contributed by atoms with Crippen LogP contribution in [0.15, 0.2) is 54.6 Å². The highest BCUT2D eigenvalue weighted by atomic mass is 32.2. The third-order valence-corrected chi connectivity index (χ3v) is 7.03. The molecule has 1 atom stereocenters. The lowest BCUT2D eigenvalue weighted by Crippen LogP contribution is -2.49. The van der Waals surface area contributed by atoms with Gasteiger partial charge in [-0.25, -0.2) is 4.98 Å². The summed E-state index contributed by atoms with van der Waals surface area (Å²) in [6.07, 6.45) is 0. The Morgan fingerprint density at radius 2 is 1.93 bits per heavy atom. The molecule has 0 spiro atoms. The van der Waals surface area contributed by atoms with Crippen molar-refractivity contribution >= 4 is 39.2 Å². The van der Waals surface area contributed by atoms with E-state index in [-0.39, 0.29) is 11.9 Å². The predicted octanol–water partition coefficient (Wildman–Crippen LogP) is 4.04. The highest BCUT2D eigenvalue weighted by molar-refractivity contribution is 7.99. The second-order valence-corrected chi connectivity index (χ2v) is 8.94. The smallest absolute Gasteiger partial charge is 0.233 e. The second-order valence-electron chi connectivity index (χ2n) is 6.84. The maximum Gasteiger partial charge on any atom is 0.233 e. The third kappa shape index (κ3) is 4.34. The molecule has 1 saturated heterocycles. The van der Waals surface area contributed by atoms with Crippen LogP contribution < -0.4 is 0 Å². The molecule has 0 saturated carbocycles. The Morgan fingerprint density at radius 3 is 2.74 bits per heavy atom. The number of piperazine rings is 1. The van der Waals surface area contributed by atoms with Gasteiger partial charge in [-0.05, 0) is 24.7 Å². The molecule has 0 aliphatic carbocycles. The number of benzene rings is 2. The number of likely N-dealkylation sites (N-methyl/N-ethyl adjacent to an activating group) is 1. The molecule has 1 aliphatic rings. The number of rotatable bonds is 5. The van der Waals surface area contributed by atoms with E-state index in [9.17, 15) is 4.79 Å². The van der Waals surface area contributed by atoms with Gasteiger partial charge >= 0.3 is 0 Å². The standard InChI is InChI=1S/C21H23N3OS2/c1-23-11-12-24(18(13-23)16-7-3-2-4-8-16)21(25)15-26-14-20-22-17-9-5-6-10-19(17)27-20/h2-10,18H,11-15H2,1H3. The molecule has 0 radical (unpaired) electrons. The van der Waals surface area contributed by atoms with Crippen molar-refractivity contribution in [3.8, 4) is 0 Å². The monoisotopic (exact) mass is 397 g/mol. The molecule has 3 aromatic rings. The Labute approximate surface area is 168 Å². The number of aromatic nitrogens is 1. The first kappa shape index (κ1) is 18.5. The summed E-state index contributed by atoms with van der Waals surface area (Å²) in [6.45, 7) is 2.60. The molecule has 4 rings (SSSR count). The van der Waals surface area contributed by atoms with Gasteiger partial charge in [-0.3, -0.25) is 4.79 Å². The van der Waals surface area contributed by atoms with Gasteiger partial charge in [0.1, 0.15) is 5.01 Å². The minimum atomic E-state index is 0.139. The minimum absolute atomic E-state index is 0.139. The molecule has 0 N–H and O–H groups in total. The van der Waals surface area contributed by atoms with E-state index >= 15 is 0 Å². The van der Waals surface area contributed by atoms with Gasteiger partial charge in [0.15, 0.2) is 0 Å². The van der Waals surface area contributed by atoms with Crippen molar-refractivity contribution in [1.82, 2.24) is 14.8 Å². The predicted molar refractivity (Wildman–Crippen MR) is 114 cm³/mol. The number of thioether (sulfide) groups is 1. The molecule has 0 bridgehead atoms. The van der Waals surface area contributed by atoms with Crippen molar-refractivity contribution in [1.29, 1.82) is 0 Å². The van der Waals surface area contributed by atoms with E-state index in [4.69, 9.17) is 0 Å². The van der Waals surface area contributed by atoms with Gasteiger partial charge in [0.05, 0.1) is 22.0 Å². The van der Waals surface area contributed by atoms with Crippen LogP contribution in [0.5, 0.6) is 0 Å². The lowest BCUT2D eigenvalue weighted by Gasteiger charge is -2.40. The first-order chi connectivity index (χ1) is 13.2. The van der Waals surface area contributed by atoms with Crippen LogP contribution in [-0.4, -0.2) is 53.1 Å². The third-order valence-electron chi connectivity index (χ3n) is 4.88. The molecule has 1 unspecified atom stereocenters. The van der Waals surface area contributed by atoms with E-state index in [1.165, 1.54) is 10.3 Å². The van der Waals surface area contributed by atoms with Crippen molar-refractivity contribution in [2.24, 2.45) is 0 Å². The second kappa shape index (κ2) is 8.42. The summed E-state index contributed by atoms with van der Waals surface area (Å²) >= 11 is 3.38. The van der Waals surface area contributed by atoms with Crippen molar-refractivity contribution in [2.45, 2.75) is 11.8 Å². The van der Waals surface area contributed by atoms with Gasteiger partial charge in [-0.1, -0.05) is 42.5 Å². The lowest BCUT2D eigenvalue weighted by atomic mass is 10.0. The number of thiazole rings is 1. The van der Waals surface area contributed by atoms with E-state index in [0.717, 1.165) is 35.9 Å². The van der Waals surface area contributed by atoms with E-state index in [2.05, 4.69) is 52.2 Å². The summed E-state index contributed by atoms with van der Waals surface area (Å²) in [5, 5.41) is 1.09. The fraction of sp³-hybridized carbons (Fsp3) is 0.333. The lowest BCUT2D eigenvalue weighted by molar-refractivity contribution is -0.133. The molecule has 6 heteroatoms. The molecule has 140 valence electrons. The molecular weight excluding hydrogens is 374 g/mol. The Morgan fingerprint density at radius 1 is 1.15 bits per heavy atom. The van der Waals surface area contributed by atoms with Crippen LogP contribution in [0.25, 0.3) is 10.2 Å². The van der Waals surface area contributed by atoms with Crippen molar-refractivity contribution in [3.63, 3.8) is 0 Å². The van der Waals surface area contributed by atoms with E-state index in [1.54, 1.807) is 23.1 Å². The van der Waals surface area contributed by atoms with Gasteiger partial charge in [0, 0.05) is 25.4 Å². The average Bonchev–Trinajstić information content (AvgIpc) is 3.11. The number of fused-ring (bicyclic) bond motifs is 1. The fourth-order valence-corrected chi connectivity index (χ4v) is 5.40. The topological polar surface area (TPSA) is 36.4 Å². The van der Waals surface area contributed by atoms with Crippen LogP contribution in [0, 0.1) is 0 Å². The summed E-state index contributed by atoms with van der Waals surface area (Å²) in [4.78, 5) is 21.9. The zero-order chi connectivity index (χ0) is 18.6. The first-order valence-electron chi connectivity index (χ1n) is 9.16. The maximum absolute atomic E-state index is 12.9. The molecule has 2 aromatic carbocycles. The number of amides is 1. The summed E-state index contributed by atoms with van der Waals surface area (Å²) < 4.78 is 1.21. The van der Waals surface area contributed by atoms with Crippen LogP contribution in [-0.2, 0) is 10.5 Å². The molecule has 4 nitrogen and oxygen atoms in total. The number of carbonyl (C=O) groups is 1. The molecule has 2 heterocycles. The highest BCUT2D eigenvalue weighted by Gasteiger charge is 2.29. The van der Waals surface area contributed by atoms with Gasteiger partial charge in [0.2, 0.25) is 5.91 Å². The average molecular weight is 398 g/mol. The fourth-order valence-electron chi connectivity index (χ4n) is 3.47. The minimum Gasteiger partial charge on any atom is -0.332 e. The van der Waals surface area contributed by atoms with Crippen LogP contribution in [0.1, 0.15) is 16.6 Å². The summed E-state index contributed by atoms with van der Waals surface area (Å²) in [7, 11) is 2.12. The van der Waals surface area contributed by atoms with Crippen molar-refractivity contribution in [2.75, 3.05) is 32.4 Å². The Bertz CT molecular complexity index is 879. The molecule has 27 heavy (non-hydrogen) atoms. The Balaban J connectivity index is 1.38. The van der Waals surface area contributed by atoms with Crippen LogP contribution in [0.2, 0.25) is 0 Å². The zero-order valence-electron chi connectivity index (χ0n) is 15.4. The SMILES string of the molecule is CN1CCN(C(=O)CSCc2nc3ccccc3s2)C(c2ccccc2)C1. The quantitative estimate of drug-likeness (QED) is 0.651. The van der Waals surface area contributed by atoms with Crippen molar-refractivity contribution < 1.29 is 4.79 Å². The molecule has 1 fully saturated rings. The van der Waals surface area contributed by atoms with Crippen molar-refractivity contribution in [3.05, 3.63) is 65.2 Å². The Kier molecular flexibility index (Phi) is 5.76. The van der Waals surface area contributed by atoms with Gasteiger partial charge in [0.25, 0.3) is 0 Å². The maximum atomic E-state index is 12.9. The van der Waals surface area contributed by atoms with Crippen LogP contribution in [0.3, 0.4) is 0 Å². The number of hydrogen-bond donors (Lipinski definition) is 0. The largest absolute Gasteiger partial charge is 0.332 e. The zero-order valence-corrected chi connectivity index (χ0v) is 17.0. The highest BCUT2D eigenvalue weighted by Crippen LogP contribution is 2.27. The number of carbonyl (C=O) groups excluding carboxylic acids is 1. The molecule has 1 aliphatic heterocycles. The van der Waals surface area contributed by atoms with E-state index < -0.39 is 0 Å². The van der Waals surface area contributed by atoms with Gasteiger partial charge in [-0.15, -0.1) is 23.1 Å². The van der Waals surface area contributed by atoms with Gasteiger partial charge < -0.3 is 9.80 Å². The van der Waals surface area contributed by atoms with Crippen LogP contribution in [0.4, 0.5) is 0 Å². The Hall–Kier alpha value is -1.89. The molecule has 1 aromatic heterocycles. The number of para-hydroxylation sites is 1.